The average molecular weight is 369 g/mol. The molecule has 0 radical (unpaired) electrons. The van der Waals surface area contributed by atoms with Crippen molar-refractivity contribution in [3.05, 3.63) is 40.4 Å². The Morgan fingerprint density at radius 2 is 1.67 bits per heavy atom. The average Bonchev–Trinajstić information content (AvgIpc) is 2.56. The molecule has 2 aromatic rings. The maximum atomic E-state index is 12.0. The zero-order chi connectivity index (χ0) is 17.5. The highest BCUT2D eigenvalue weighted by molar-refractivity contribution is 6.40. The third kappa shape index (κ3) is 4.86. The normalized spacial score (nSPS) is 10.6. The molecule has 0 heterocycles. The fourth-order valence-electron chi connectivity index (χ4n) is 2.21. The SMILES string of the molecule is CCCOC(=O)CCCC(=O)Oc1c(Cl)cc(Cl)c2ccccc12. The van der Waals surface area contributed by atoms with Gasteiger partial charge in [0.05, 0.1) is 16.7 Å². The molecule has 0 amide bonds. The molecule has 0 aliphatic carbocycles. The van der Waals surface area contributed by atoms with Crippen molar-refractivity contribution in [2.45, 2.75) is 32.6 Å². The molecule has 0 saturated heterocycles. The molecule has 0 unspecified atom stereocenters. The van der Waals surface area contributed by atoms with E-state index in [9.17, 15) is 9.59 Å². The van der Waals surface area contributed by atoms with Crippen molar-refractivity contribution in [2.24, 2.45) is 0 Å². The summed E-state index contributed by atoms with van der Waals surface area (Å²) in [5.74, 6) is -0.470. The Labute approximate surface area is 150 Å². The first-order valence-electron chi connectivity index (χ1n) is 7.76. The van der Waals surface area contributed by atoms with E-state index in [1.807, 2.05) is 25.1 Å². The molecule has 0 spiro atoms. The number of ether oxygens (including phenoxy) is 2. The van der Waals surface area contributed by atoms with Crippen LogP contribution in [0.2, 0.25) is 10.0 Å². The van der Waals surface area contributed by atoms with Gasteiger partial charge in [-0.3, -0.25) is 9.59 Å². The Kier molecular flexibility index (Phi) is 6.88. The quantitative estimate of drug-likeness (QED) is 0.499. The van der Waals surface area contributed by atoms with Crippen LogP contribution >= 0.6 is 23.2 Å². The third-order valence-corrected chi connectivity index (χ3v) is 3.94. The second-order valence-corrected chi connectivity index (χ2v) is 6.08. The molecule has 0 N–H and O–H groups in total. The largest absolute Gasteiger partial charge is 0.466 e. The second kappa shape index (κ2) is 8.90. The molecule has 24 heavy (non-hydrogen) atoms. The first kappa shape index (κ1) is 18.6. The number of benzene rings is 2. The van der Waals surface area contributed by atoms with E-state index in [-0.39, 0.29) is 29.6 Å². The lowest BCUT2D eigenvalue weighted by atomic mass is 10.1. The number of carbonyl (C=O) groups excluding carboxylic acids is 2. The topological polar surface area (TPSA) is 52.6 Å². The zero-order valence-corrected chi connectivity index (χ0v) is 14.8. The molecule has 0 bridgehead atoms. The minimum absolute atomic E-state index is 0.106. The molecule has 0 saturated carbocycles. The smallest absolute Gasteiger partial charge is 0.311 e. The summed E-state index contributed by atoms with van der Waals surface area (Å²) in [7, 11) is 0. The lowest BCUT2D eigenvalue weighted by Crippen LogP contribution is -2.11. The molecule has 0 aliphatic heterocycles. The highest BCUT2D eigenvalue weighted by atomic mass is 35.5. The number of carbonyl (C=O) groups is 2. The summed E-state index contributed by atoms with van der Waals surface area (Å²) in [6.07, 6.45) is 1.43. The summed E-state index contributed by atoms with van der Waals surface area (Å²) in [4.78, 5) is 23.4. The van der Waals surface area contributed by atoms with E-state index in [0.717, 1.165) is 11.8 Å². The molecular formula is C18H18Cl2O4. The lowest BCUT2D eigenvalue weighted by molar-refractivity contribution is -0.144. The van der Waals surface area contributed by atoms with E-state index in [0.29, 0.717) is 23.4 Å². The Morgan fingerprint density at radius 1 is 1.00 bits per heavy atom. The maximum Gasteiger partial charge on any atom is 0.311 e. The van der Waals surface area contributed by atoms with Gasteiger partial charge in [-0.2, -0.15) is 0 Å². The van der Waals surface area contributed by atoms with E-state index in [2.05, 4.69) is 0 Å². The van der Waals surface area contributed by atoms with Gasteiger partial charge in [0.2, 0.25) is 0 Å². The van der Waals surface area contributed by atoms with E-state index in [1.54, 1.807) is 12.1 Å². The highest BCUT2D eigenvalue weighted by Crippen LogP contribution is 2.38. The number of rotatable bonds is 7. The minimum atomic E-state index is -0.451. The summed E-state index contributed by atoms with van der Waals surface area (Å²) in [6.45, 7) is 2.32. The van der Waals surface area contributed by atoms with Gasteiger partial charge in [-0.25, -0.2) is 0 Å². The van der Waals surface area contributed by atoms with Gasteiger partial charge >= 0.3 is 11.9 Å². The van der Waals surface area contributed by atoms with Gasteiger partial charge in [-0.05, 0) is 18.9 Å². The van der Waals surface area contributed by atoms with Crippen LogP contribution in [0.5, 0.6) is 5.75 Å². The Balaban J connectivity index is 2.00. The number of esters is 2. The van der Waals surface area contributed by atoms with Crippen molar-refractivity contribution in [3.8, 4) is 5.75 Å². The molecular weight excluding hydrogens is 351 g/mol. The van der Waals surface area contributed by atoms with Gasteiger partial charge in [-0.1, -0.05) is 54.4 Å². The van der Waals surface area contributed by atoms with E-state index in [1.165, 1.54) is 0 Å². The van der Waals surface area contributed by atoms with Crippen LogP contribution in [0.3, 0.4) is 0 Å². The molecule has 128 valence electrons. The Morgan fingerprint density at radius 3 is 2.38 bits per heavy atom. The van der Waals surface area contributed by atoms with Crippen LogP contribution in [0, 0.1) is 0 Å². The van der Waals surface area contributed by atoms with Crippen LogP contribution in [0.15, 0.2) is 30.3 Å². The molecule has 6 heteroatoms. The van der Waals surface area contributed by atoms with Gasteiger partial charge in [0.1, 0.15) is 0 Å². The van der Waals surface area contributed by atoms with Gasteiger partial charge in [-0.15, -0.1) is 0 Å². The van der Waals surface area contributed by atoms with Crippen molar-refractivity contribution in [1.82, 2.24) is 0 Å². The first-order chi connectivity index (χ1) is 11.5. The second-order valence-electron chi connectivity index (χ2n) is 5.26. The molecule has 2 rings (SSSR count). The van der Waals surface area contributed by atoms with E-state index >= 15 is 0 Å². The van der Waals surface area contributed by atoms with Gasteiger partial charge in [0.25, 0.3) is 0 Å². The minimum Gasteiger partial charge on any atom is -0.466 e. The van der Waals surface area contributed by atoms with Crippen LogP contribution in [0.1, 0.15) is 32.6 Å². The summed E-state index contributed by atoms with van der Waals surface area (Å²) >= 11 is 12.3. The monoisotopic (exact) mass is 368 g/mol. The molecule has 0 aromatic heterocycles. The van der Waals surface area contributed by atoms with E-state index < -0.39 is 5.97 Å². The van der Waals surface area contributed by atoms with Crippen molar-refractivity contribution < 1.29 is 19.1 Å². The Bertz CT molecular complexity index is 743. The molecule has 4 nitrogen and oxygen atoms in total. The molecule has 0 aliphatic rings. The van der Waals surface area contributed by atoms with Crippen molar-refractivity contribution in [3.63, 3.8) is 0 Å². The summed E-state index contributed by atoms with van der Waals surface area (Å²) in [5, 5.41) is 2.20. The summed E-state index contributed by atoms with van der Waals surface area (Å²) < 4.78 is 10.3. The van der Waals surface area contributed by atoms with Gasteiger partial charge in [0.15, 0.2) is 5.75 Å². The van der Waals surface area contributed by atoms with Crippen LogP contribution in [0.4, 0.5) is 0 Å². The van der Waals surface area contributed by atoms with Crippen LogP contribution in [0.25, 0.3) is 10.8 Å². The predicted molar refractivity (Wildman–Crippen MR) is 94.7 cm³/mol. The predicted octanol–water partition coefficient (Wildman–Crippen LogP) is 5.18. The van der Waals surface area contributed by atoms with Crippen LogP contribution in [-0.2, 0) is 14.3 Å². The van der Waals surface area contributed by atoms with Crippen LogP contribution < -0.4 is 4.74 Å². The van der Waals surface area contributed by atoms with Gasteiger partial charge < -0.3 is 9.47 Å². The van der Waals surface area contributed by atoms with Crippen molar-refractivity contribution in [1.29, 1.82) is 0 Å². The highest BCUT2D eigenvalue weighted by Gasteiger charge is 2.15. The first-order valence-corrected chi connectivity index (χ1v) is 8.51. The third-order valence-electron chi connectivity index (χ3n) is 3.34. The van der Waals surface area contributed by atoms with Crippen molar-refractivity contribution in [2.75, 3.05) is 6.61 Å². The number of halogens is 2. The molecule has 0 atom stereocenters. The molecule has 0 fully saturated rings. The van der Waals surface area contributed by atoms with Gasteiger partial charge in [0, 0.05) is 23.6 Å². The van der Waals surface area contributed by atoms with Crippen LogP contribution in [-0.4, -0.2) is 18.5 Å². The standard InChI is InChI=1S/C18H18Cl2O4/c1-2-10-23-16(21)8-5-9-17(22)24-18-13-7-4-3-6-12(13)14(19)11-15(18)20/h3-4,6-7,11H,2,5,8-10H2,1H3. The fourth-order valence-corrected chi connectivity index (χ4v) is 2.79. The lowest BCUT2D eigenvalue weighted by Gasteiger charge is -2.11. The molecule has 2 aromatic carbocycles. The number of hydrogen-bond acceptors (Lipinski definition) is 4. The van der Waals surface area contributed by atoms with E-state index in [4.69, 9.17) is 32.7 Å². The maximum absolute atomic E-state index is 12.0. The Hall–Kier alpha value is -1.78. The van der Waals surface area contributed by atoms with Crippen molar-refractivity contribution >= 4 is 45.9 Å². The number of hydrogen-bond donors (Lipinski definition) is 0. The number of fused-ring (bicyclic) bond motifs is 1. The fraction of sp³-hybridized carbons (Fsp3) is 0.333. The zero-order valence-electron chi connectivity index (χ0n) is 13.3. The summed E-state index contributed by atoms with van der Waals surface area (Å²) in [6, 6.07) is 8.83. The summed E-state index contributed by atoms with van der Waals surface area (Å²) in [5.41, 5.74) is 0.